The Balaban J connectivity index is 0.000000221. The van der Waals surface area contributed by atoms with E-state index in [2.05, 4.69) is 35.2 Å². The molecule has 0 aliphatic heterocycles. The zero-order valence-electron chi connectivity index (χ0n) is 8.75. The monoisotopic (exact) mass is 247 g/mol. The van der Waals surface area contributed by atoms with Crippen LogP contribution in [-0.4, -0.2) is 0 Å². The van der Waals surface area contributed by atoms with Gasteiger partial charge < -0.3 is 0 Å². The average Bonchev–Trinajstić information content (AvgIpc) is 2.11. The molecule has 16 heavy (non-hydrogen) atoms. The van der Waals surface area contributed by atoms with Gasteiger partial charge in [-0.1, -0.05) is 12.5 Å². The van der Waals surface area contributed by atoms with E-state index in [9.17, 15) is 0 Å². The van der Waals surface area contributed by atoms with Crippen molar-refractivity contribution in [2.45, 2.75) is 25.8 Å². The number of rotatable bonds is 2. The van der Waals surface area contributed by atoms with E-state index in [1.165, 1.54) is 25.8 Å². The van der Waals surface area contributed by atoms with E-state index < -0.39 is 10.2 Å². The van der Waals surface area contributed by atoms with Crippen molar-refractivity contribution in [3.05, 3.63) is 30.6 Å². The van der Waals surface area contributed by atoms with Gasteiger partial charge in [0.1, 0.15) is 0 Å². The van der Waals surface area contributed by atoms with Crippen LogP contribution < -0.4 is 23.2 Å². The van der Waals surface area contributed by atoms with Gasteiger partial charge in [0.05, 0.1) is 0 Å². The van der Waals surface area contributed by atoms with Crippen molar-refractivity contribution >= 4 is 0 Å². The number of nitrogens with zero attached hydrogens (tertiary/aromatic N) is 1. The first-order valence-corrected chi connectivity index (χ1v) is 6.24. The number of halogens is 1. The van der Waals surface area contributed by atoms with E-state index in [0.717, 1.165) is 5.92 Å². The Hall–Kier alpha value is -0.720. The summed E-state index contributed by atoms with van der Waals surface area (Å²) in [5, 5.41) is 0. The summed E-state index contributed by atoms with van der Waals surface area (Å²) in [5.74, 6) is 0.961. The SMILES string of the molecule is [O-][Cl+3]([O-])([O-])[O-].c1cc[n+](CC2CCC2)cc1. The highest BCUT2D eigenvalue weighted by molar-refractivity contribution is 4.83. The van der Waals surface area contributed by atoms with Gasteiger partial charge in [0.15, 0.2) is 18.9 Å². The van der Waals surface area contributed by atoms with Crippen LogP contribution in [-0.2, 0) is 6.54 Å². The van der Waals surface area contributed by atoms with Gasteiger partial charge in [-0.25, -0.2) is 23.2 Å². The van der Waals surface area contributed by atoms with Crippen LogP contribution in [0.2, 0.25) is 0 Å². The average molecular weight is 248 g/mol. The largest absolute Gasteiger partial charge is 0.222 e. The maximum absolute atomic E-state index is 8.49. The Morgan fingerprint density at radius 1 is 1.00 bits per heavy atom. The topological polar surface area (TPSA) is 96.1 Å². The first-order valence-electron chi connectivity index (χ1n) is 5.01. The molecule has 0 bridgehead atoms. The fourth-order valence-electron chi connectivity index (χ4n) is 1.53. The summed E-state index contributed by atoms with van der Waals surface area (Å²) in [6.07, 6.45) is 8.61. The number of hydrogen-bond donors (Lipinski definition) is 0. The van der Waals surface area contributed by atoms with Crippen molar-refractivity contribution in [1.82, 2.24) is 0 Å². The third kappa shape index (κ3) is 6.71. The fourth-order valence-corrected chi connectivity index (χ4v) is 1.53. The Labute approximate surface area is 96.3 Å². The highest BCUT2D eigenvalue weighted by Gasteiger charge is 2.20. The van der Waals surface area contributed by atoms with E-state index in [0.29, 0.717) is 0 Å². The lowest BCUT2D eigenvalue weighted by molar-refractivity contribution is -2.00. The van der Waals surface area contributed by atoms with E-state index in [4.69, 9.17) is 18.6 Å². The zero-order valence-corrected chi connectivity index (χ0v) is 9.51. The molecule has 1 aliphatic carbocycles. The second kappa shape index (κ2) is 6.12. The van der Waals surface area contributed by atoms with Crippen LogP contribution in [0.5, 0.6) is 0 Å². The summed E-state index contributed by atoms with van der Waals surface area (Å²) in [7, 11) is -4.94. The number of aromatic nitrogens is 1. The van der Waals surface area contributed by atoms with Gasteiger partial charge in [-0.05, 0) is 12.8 Å². The molecule has 0 radical (unpaired) electrons. The number of pyridine rings is 1. The zero-order chi connectivity index (χ0) is 12.0. The van der Waals surface area contributed by atoms with Gasteiger partial charge in [0.2, 0.25) is 0 Å². The molecule has 1 aromatic heterocycles. The molecule has 1 saturated carbocycles. The molecule has 0 N–H and O–H groups in total. The molecule has 0 saturated heterocycles. The number of hydrogen-bond acceptors (Lipinski definition) is 4. The van der Waals surface area contributed by atoms with Crippen molar-refractivity contribution < 1.29 is 33.4 Å². The third-order valence-corrected chi connectivity index (χ3v) is 2.47. The van der Waals surface area contributed by atoms with Crippen molar-refractivity contribution in [2.75, 3.05) is 0 Å². The smallest absolute Gasteiger partial charge is 0.168 e. The minimum absolute atomic E-state index is 0.961. The first-order chi connectivity index (χ1) is 7.45. The van der Waals surface area contributed by atoms with Crippen LogP contribution in [0.25, 0.3) is 0 Å². The van der Waals surface area contributed by atoms with E-state index in [1.807, 2.05) is 0 Å². The predicted molar refractivity (Wildman–Crippen MR) is 44.0 cm³/mol. The van der Waals surface area contributed by atoms with E-state index >= 15 is 0 Å². The predicted octanol–water partition coefficient (Wildman–Crippen LogP) is -2.98. The summed E-state index contributed by atoms with van der Waals surface area (Å²) in [4.78, 5) is 0. The quantitative estimate of drug-likeness (QED) is 0.521. The molecule has 6 heteroatoms. The Kier molecular flexibility index (Phi) is 5.11. The molecule has 1 heterocycles. The fraction of sp³-hybridized carbons (Fsp3) is 0.500. The molecule has 1 aromatic rings. The maximum Gasteiger partial charge on any atom is 0.168 e. The molecule has 1 aliphatic rings. The molecular formula is C10H14ClNO4. The van der Waals surface area contributed by atoms with Crippen molar-refractivity contribution in [3.8, 4) is 0 Å². The minimum atomic E-state index is -4.94. The minimum Gasteiger partial charge on any atom is -0.222 e. The second-order valence-electron chi connectivity index (χ2n) is 3.75. The maximum atomic E-state index is 8.49. The van der Waals surface area contributed by atoms with Crippen molar-refractivity contribution in [1.29, 1.82) is 0 Å². The summed E-state index contributed by atoms with van der Waals surface area (Å²) in [6.45, 7) is 1.22. The second-order valence-corrected chi connectivity index (χ2v) is 4.50. The van der Waals surface area contributed by atoms with Crippen LogP contribution in [0.3, 0.4) is 0 Å². The summed E-state index contributed by atoms with van der Waals surface area (Å²) < 4.78 is 36.3. The van der Waals surface area contributed by atoms with Gasteiger partial charge in [0, 0.05) is 18.1 Å². The summed E-state index contributed by atoms with van der Waals surface area (Å²) >= 11 is 0. The first kappa shape index (κ1) is 13.3. The molecule has 0 amide bonds. The summed E-state index contributed by atoms with van der Waals surface area (Å²) in [5.41, 5.74) is 0. The molecule has 0 unspecified atom stereocenters. The van der Waals surface area contributed by atoms with Crippen LogP contribution >= 0.6 is 0 Å². The lowest BCUT2D eigenvalue weighted by Gasteiger charge is -2.21. The molecule has 0 spiro atoms. The standard InChI is InChI=1S/C10H14N.ClHO4/c1-2-7-11(8-3-1)9-10-5-4-6-10;2-1(3,4)5/h1-3,7-8,10H,4-6,9H2;(H,2,3,4,5)/q+1;/p-1. The van der Waals surface area contributed by atoms with E-state index in [1.54, 1.807) is 0 Å². The van der Waals surface area contributed by atoms with Gasteiger partial charge in [-0.2, -0.15) is 0 Å². The van der Waals surface area contributed by atoms with Crippen LogP contribution in [0, 0.1) is 16.2 Å². The highest BCUT2D eigenvalue weighted by Crippen LogP contribution is 2.25. The molecule has 1 fully saturated rings. The van der Waals surface area contributed by atoms with Gasteiger partial charge in [-0.15, -0.1) is 10.2 Å². The Bertz CT molecular complexity index is 291. The summed E-state index contributed by atoms with van der Waals surface area (Å²) in [6, 6.07) is 6.26. The highest BCUT2D eigenvalue weighted by atomic mass is 35.7. The van der Waals surface area contributed by atoms with Crippen molar-refractivity contribution in [2.24, 2.45) is 5.92 Å². The Morgan fingerprint density at radius 3 is 1.88 bits per heavy atom. The lowest BCUT2D eigenvalue weighted by Crippen LogP contribution is -2.68. The molecule has 90 valence electrons. The molecule has 2 rings (SSSR count). The van der Waals surface area contributed by atoms with Crippen LogP contribution in [0.1, 0.15) is 19.3 Å². The Morgan fingerprint density at radius 2 is 1.50 bits per heavy atom. The third-order valence-electron chi connectivity index (χ3n) is 2.47. The molecule has 5 nitrogen and oxygen atoms in total. The van der Waals surface area contributed by atoms with Gasteiger partial charge in [0.25, 0.3) is 0 Å². The molecular weight excluding hydrogens is 234 g/mol. The molecule has 0 aromatic carbocycles. The van der Waals surface area contributed by atoms with E-state index in [-0.39, 0.29) is 0 Å². The van der Waals surface area contributed by atoms with Gasteiger partial charge >= 0.3 is 0 Å². The van der Waals surface area contributed by atoms with Crippen LogP contribution in [0.15, 0.2) is 30.6 Å². The lowest BCUT2D eigenvalue weighted by atomic mass is 9.85. The normalized spacial score (nSPS) is 16.0. The van der Waals surface area contributed by atoms with Crippen LogP contribution in [0.4, 0.5) is 0 Å². The molecule has 0 atom stereocenters. The van der Waals surface area contributed by atoms with Crippen molar-refractivity contribution in [3.63, 3.8) is 0 Å². The van der Waals surface area contributed by atoms with Gasteiger partial charge in [-0.3, -0.25) is 0 Å².